The molecule has 0 aromatic carbocycles. The Kier molecular flexibility index (Phi) is 7.01. The Hall–Kier alpha value is -1.65. The molecule has 0 aliphatic heterocycles. The molecule has 0 saturated carbocycles. The van der Waals surface area contributed by atoms with Gasteiger partial charge in [0, 0.05) is 0 Å². The molecule has 0 fully saturated rings. The van der Waals surface area contributed by atoms with Gasteiger partial charge < -0.3 is 24.6 Å². The van der Waals surface area contributed by atoms with Crippen molar-refractivity contribution in [2.75, 3.05) is 18.7 Å². The van der Waals surface area contributed by atoms with Crippen LogP contribution in [-0.2, 0) is 24.9 Å². The summed E-state index contributed by atoms with van der Waals surface area (Å²) in [6.45, 7) is 6.83. The molecule has 12 heteroatoms. The minimum absolute atomic E-state index is 0.132. The third-order valence-electron chi connectivity index (χ3n) is 3.12. The molecule has 0 bridgehead atoms. The van der Waals surface area contributed by atoms with E-state index < -0.39 is 13.7 Å². The number of aliphatic hydroxyl groups is 1. The number of nitrogen functional groups attached to an aromatic ring is 1. The molecule has 0 unspecified atom stereocenters. The van der Waals surface area contributed by atoms with Crippen molar-refractivity contribution in [2.24, 2.45) is 0 Å². The maximum atomic E-state index is 12.8. The van der Waals surface area contributed by atoms with Gasteiger partial charge in [-0.15, -0.1) is 5.10 Å². The van der Waals surface area contributed by atoms with E-state index in [1.54, 1.807) is 27.7 Å². The van der Waals surface area contributed by atoms with Crippen LogP contribution in [-0.4, -0.2) is 61.3 Å². The summed E-state index contributed by atoms with van der Waals surface area (Å²) >= 11 is 0. The zero-order chi connectivity index (χ0) is 19.3. The second kappa shape index (κ2) is 8.83. The van der Waals surface area contributed by atoms with E-state index in [1.807, 2.05) is 0 Å². The molecule has 0 spiro atoms. The van der Waals surface area contributed by atoms with Crippen molar-refractivity contribution in [2.45, 2.75) is 52.6 Å². The second-order valence-electron chi connectivity index (χ2n) is 6.22. The van der Waals surface area contributed by atoms with Crippen molar-refractivity contribution < 1.29 is 23.5 Å². The summed E-state index contributed by atoms with van der Waals surface area (Å²) in [7, 11) is -3.47. The molecule has 3 N–H and O–H groups in total. The molecular weight excluding hydrogens is 363 g/mol. The number of hydrogen-bond acceptors (Lipinski definition) is 10. The second-order valence-corrected chi connectivity index (χ2v) is 8.12. The smallest absolute Gasteiger partial charge is 0.356 e. The van der Waals surface area contributed by atoms with Gasteiger partial charge in [0.15, 0.2) is 17.0 Å². The molecule has 1 atom stereocenters. The van der Waals surface area contributed by atoms with Crippen molar-refractivity contribution in [1.82, 2.24) is 25.0 Å². The number of rotatable bonds is 10. The number of nitrogens with two attached hydrogens (primary N) is 1. The Morgan fingerprint density at radius 2 is 1.88 bits per heavy atom. The first-order chi connectivity index (χ1) is 12.2. The lowest BCUT2D eigenvalue weighted by atomic mass is 10.4. The van der Waals surface area contributed by atoms with Crippen LogP contribution in [0.15, 0.2) is 6.33 Å². The van der Waals surface area contributed by atoms with E-state index in [-0.39, 0.29) is 37.5 Å². The molecule has 2 aromatic heterocycles. The number of aliphatic hydroxyl groups excluding tert-OH is 1. The third kappa shape index (κ3) is 5.42. The summed E-state index contributed by atoms with van der Waals surface area (Å²) in [4.78, 5) is 7.93. The van der Waals surface area contributed by atoms with Gasteiger partial charge in [-0.1, -0.05) is 5.21 Å². The van der Waals surface area contributed by atoms with Gasteiger partial charge in [0.25, 0.3) is 0 Å². The van der Waals surface area contributed by atoms with Crippen molar-refractivity contribution in [1.29, 1.82) is 0 Å². The van der Waals surface area contributed by atoms with Crippen LogP contribution in [0, 0.1) is 0 Å². The van der Waals surface area contributed by atoms with E-state index in [0.717, 1.165) is 0 Å². The number of fused-ring (bicyclic) bond motifs is 1. The Balaban J connectivity index is 2.08. The van der Waals surface area contributed by atoms with E-state index in [0.29, 0.717) is 11.2 Å². The van der Waals surface area contributed by atoms with Crippen LogP contribution < -0.4 is 5.73 Å². The van der Waals surface area contributed by atoms with Crippen LogP contribution in [0.2, 0.25) is 0 Å². The normalized spacial score (nSPS) is 13.8. The molecule has 11 nitrogen and oxygen atoms in total. The van der Waals surface area contributed by atoms with E-state index in [2.05, 4.69) is 20.3 Å². The van der Waals surface area contributed by atoms with Gasteiger partial charge in [-0.2, -0.15) is 0 Å². The van der Waals surface area contributed by atoms with Crippen LogP contribution in [0.1, 0.15) is 27.7 Å². The molecule has 0 amide bonds. The summed E-state index contributed by atoms with van der Waals surface area (Å²) in [5.41, 5.74) is 6.50. The highest BCUT2D eigenvalue weighted by Gasteiger charge is 2.30. The molecule has 0 radical (unpaired) electrons. The molecule has 0 saturated heterocycles. The van der Waals surface area contributed by atoms with Crippen LogP contribution >= 0.6 is 7.60 Å². The van der Waals surface area contributed by atoms with E-state index in [4.69, 9.17) is 19.5 Å². The zero-order valence-corrected chi connectivity index (χ0v) is 16.2. The Morgan fingerprint density at radius 3 is 2.46 bits per heavy atom. The number of hydrogen-bond donors (Lipinski definition) is 2. The lowest BCUT2D eigenvalue weighted by Crippen LogP contribution is -2.26. The topological polar surface area (TPSA) is 148 Å². The van der Waals surface area contributed by atoms with Crippen molar-refractivity contribution in [3.05, 3.63) is 6.33 Å². The number of anilines is 1. The predicted octanol–water partition coefficient (Wildman–Crippen LogP) is 1.18. The van der Waals surface area contributed by atoms with Crippen LogP contribution in [0.5, 0.6) is 0 Å². The average Bonchev–Trinajstić information content (AvgIpc) is 2.94. The molecular formula is C14H25N6O5P. The van der Waals surface area contributed by atoms with Crippen LogP contribution in [0.4, 0.5) is 5.82 Å². The van der Waals surface area contributed by atoms with E-state index >= 15 is 0 Å². The fourth-order valence-corrected chi connectivity index (χ4v) is 4.06. The molecule has 2 rings (SSSR count). The standard InChI is InChI=1S/C14H25N6O5P/c1-9(2)24-26(22,25-10(3)4)8-23-11(6-21)5-20-14-12(18-19-20)13(15)16-7-17-14/h7,9-11,21H,5-6,8H2,1-4H3,(H2,15,16,17)/t11-/m0/s1. The highest BCUT2D eigenvalue weighted by atomic mass is 31.2. The zero-order valence-electron chi connectivity index (χ0n) is 15.3. The molecule has 2 heterocycles. The van der Waals surface area contributed by atoms with Gasteiger partial charge in [0.2, 0.25) is 0 Å². The highest BCUT2D eigenvalue weighted by Crippen LogP contribution is 2.50. The summed E-state index contributed by atoms with van der Waals surface area (Å²) in [6, 6.07) is 0. The van der Waals surface area contributed by atoms with Crippen LogP contribution in [0.25, 0.3) is 11.2 Å². The molecule has 0 aliphatic carbocycles. The number of nitrogens with zero attached hydrogens (tertiary/aromatic N) is 5. The summed E-state index contributed by atoms with van der Waals surface area (Å²) in [5, 5.41) is 17.5. The lowest BCUT2D eigenvalue weighted by molar-refractivity contribution is 0.00917. The summed E-state index contributed by atoms with van der Waals surface area (Å²) < 4.78 is 30.7. The molecule has 0 aliphatic rings. The van der Waals surface area contributed by atoms with Crippen molar-refractivity contribution >= 4 is 24.6 Å². The molecule has 26 heavy (non-hydrogen) atoms. The van der Waals surface area contributed by atoms with Gasteiger partial charge >= 0.3 is 7.60 Å². The van der Waals surface area contributed by atoms with Crippen LogP contribution in [0.3, 0.4) is 0 Å². The first-order valence-electron chi connectivity index (χ1n) is 8.22. The number of aromatic nitrogens is 5. The lowest BCUT2D eigenvalue weighted by Gasteiger charge is -2.24. The van der Waals surface area contributed by atoms with Gasteiger partial charge in [0.05, 0.1) is 25.4 Å². The van der Waals surface area contributed by atoms with E-state index in [1.165, 1.54) is 11.0 Å². The largest absolute Gasteiger partial charge is 0.394 e. The third-order valence-corrected chi connectivity index (χ3v) is 5.07. The summed E-state index contributed by atoms with van der Waals surface area (Å²) in [5.74, 6) is 0.211. The van der Waals surface area contributed by atoms with Crippen molar-refractivity contribution in [3.8, 4) is 0 Å². The quantitative estimate of drug-likeness (QED) is 0.568. The maximum Gasteiger partial charge on any atom is 0.356 e. The monoisotopic (exact) mass is 388 g/mol. The van der Waals surface area contributed by atoms with Gasteiger partial charge in [-0.3, -0.25) is 4.57 Å². The van der Waals surface area contributed by atoms with Gasteiger partial charge in [-0.05, 0) is 27.7 Å². The Morgan fingerprint density at radius 1 is 1.23 bits per heavy atom. The first-order valence-corrected chi connectivity index (χ1v) is 9.95. The summed E-state index contributed by atoms with van der Waals surface area (Å²) in [6.07, 6.45) is -0.299. The number of ether oxygens (including phenoxy) is 1. The fourth-order valence-electron chi connectivity index (χ4n) is 2.21. The first kappa shape index (κ1) is 20.7. The Bertz CT molecular complexity index is 753. The SMILES string of the molecule is CC(C)OP(=O)(CO[C@H](CO)Cn1nnc2c(N)ncnc21)OC(C)C. The predicted molar refractivity (Wildman–Crippen MR) is 94.4 cm³/mol. The minimum Gasteiger partial charge on any atom is -0.394 e. The fraction of sp³-hybridized carbons (Fsp3) is 0.714. The molecule has 146 valence electrons. The molecule has 2 aromatic rings. The van der Waals surface area contributed by atoms with Gasteiger partial charge in [0.1, 0.15) is 18.8 Å². The van der Waals surface area contributed by atoms with Crippen molar-refractivity contribution in [3.63, 3.8) is 0 Å². The highest BCUT2D eigenvalue weighted by molar-refractivity contribution is 7.53. The average molecular weight is 388 g/mol. The van der Waals surface area contributed by atoms with E-state index in [9.17, 15) is 9.67 Å². The minimum atomic E-state index is -3.47. The van der Waals surface area contributed by atoms with Gasteiger partial charge in [-0.25, -0.2) is 14.6 Å². The Labute approximate surface area is 151 Å². The maximum absolute atomic E-state index is 12.8.